The van der Waals surface area contributed by atoms with E-state index in [2.05, 4.69) is 37.2 Å². The largest absolute Gasteiger partial charge is 0.495 e. The molecule has 44 nitrogen and oxygen atoms in total. The number of ether oxygens (including phenoxy) is 27. The van der Waals surface area contributed by atoms with Crippen molar-refractivity contribution in [3.63, 3.8) is 0 Å². The Morgan fingerprint density at radius 3 is 1.23 bits per heavy atom. The average molecular weight is 2170 g/mol. The van der Waals surface area contributed by atoms with Gasteiger partial charge in [0.2, 0.25) is 41.4 Å². The van der Waals surface area contributed by atoms with E-state index in [1.165, 1.54) is 13.2 Å². The van der Waals surface area contributed by atoms with Crippen molar-refractivity contribution >= 4 is 64.9 Å². The highest BCUT2D eigenvalue weighted by Gasteiger charge is 2.48. The molecule has 4 rings (SSSR count). The van der Waals surface area contributed by atoms with Gasteiger partial charge in [0.15, 0.2) is 0 Å². The number of rotatable bonds is 95. The number of hydrogen-bond acceptors (Lipinski definition) is 36. The predicted octanol–water partition coefficient (Wildman–Crippen LogP) is 5.68. The fourth-order valence-electron chi connectivity index (χ4n) is 14.1. The van der Waals surface area contributed by atoms with Crippen molar-refractivity contribution in [2.45, 2.75) is 182 Å². The number of carbonyl (C=O) groups excluding carboxylic acids is 8. The van der Waals surface area contributed by atoms with Crippen LogP contribution in [-0.2, 0) is 179 Å². The minimum Gasteiger partial charge on any atom is -0.495 e. The molecule has 9 atom stereocenters. The average Bonchev–Trinajstić information content (AvgIpc) is 1.63. The Morgan fingerprint density at radius 2 is 0.853 bits per heavy atom. The van der Waals surface area contributed by atoms with E-state index in [9.17, 15) is 43.2 Å². The number of amides is 7. The van der Waals surface area contributed by atoms with Gasteiger partial charge in [0.05, 0.1) is 334 Å². The van der Waals surface area contributed by atoms with Crippen LogP contribution < -0.4 is 42.0 Å². The van der Waals surface area contributed by atoms with E-state index in [1.807, 2.05) is 52.0 Å². The number of carboxylic acid groups (broad SMARTS) is 1. The summed E-state index contributed by atoms with van der Waals surface area (Å²) in [5, 5.41) is 29.5. The molecule has 2 aromatic rings. The van der Waals surface area contributed by atoms with Crippen LogP contribution in [0.1, 0.15) is 143 Å². The summed E-state index contributed by atoms with van der Waals surface area (Å²) < 4.78 is 150. The Morgan fingerprint density at radius 1 is 0.460 bits per heavy atom. The number of carbonyl (C=O) groups is 9. The molecule has 1 fully saturated rings. The maximum atomic E-state index is 14.4. The van der Waals surface area contributed by atoms with E-state index in [4.69, 9.17) is 145 Å². The zero-order chi connectivity index (χ0) is 109. The highest BCUT2D eigenvalue weighted by atomic mass is 35.5. The maximum Gasteiger partial charge on any atom is 0.328 e. The Kier molecular flexibility index (Phi) is 78.8. The van der Waals surface area contributed by atoms with Crippen LogP contribution >= 0.6 is 11.6 Å². The van der Waals surface area contributed by atoms with E-state index in [0.717, 1.165) is 5.56 Å². The van der Waals surface area contributed by atoms with Gasteiger partial charge in [-0.3, -0.25) is 38.4 Å². The van der Waals surface area contributed by atoms with Crippen LogP contribution in [0.25, 0.3) is 0 Å². The van der Waals surface area contributed by atoms with Crippen LogP contribution in [-0.4, -0.2) is 432 Å². The summed E-state index contributed by atoms with van der Waals surface area (Å²) in [6.07, 6.45) is 2.36. The Bertz CT molecular complexity index is 3860. The number of cyclic esters (lactones) is 1. The molecule has 1 saturated heterocycles. The van der Waals surface area contributed by atoms with Gasteiger partial charge in [-0.2, -0.15) is 0 Å². The molecule has 0 saturated carbocycles. The zero-order valence-electron chi connectivity index (χ0n) is 90.7. The van der Waals surface area contributed by atoms with Gasteiger partial charge in [-0.05, 0) is 99.1 Å². The van der Waals surface area contributed by atoms with Crippen molar-refractivity contribution in [3.05, 3.63) is 76.3 Å². The fourth-order valence-corrected chi connectivity index (χ4v) is 14.4. The van der Waals surface area contributed by atoms with Crippen LogP contribution in [0.2, 0.25) is 5.02 Å². The number of benzene rings is 2. The summed E-state index contributed by atoms with van der Waals surface area (Å²) in [7, 11) is 3.12. The molecule has 0 unspecified atom stereocenters. The summed E-state index contributed by atoms with van der Waals surface area (Å²) in [4.78, 5) is 121. The summed E-state index contributed by atoms with van der Waals surface area (Å²) in [6, 6.07) is 7.39. The lowest BCUT2D eigenvalue weighted by Crippen LogP contribution is -2.58. The summed E-state index contributed by atoms with van der Waals surface area (Å²) in [5.41, 5.74) is 0.449. The van der Waals surface area contributed by atoms with Crippen molar-refractivity contribution in [1.29, 1.82) is 0 Å². The molecular weight excluding hydrogens is 1990 g/mol. The first-order chi connectivity index (χ1) is 72.6. The van der Waals surface area contributed by atoms with Crippen molar-refractivity contribution < 1.29 is 176 Å². The Balaban J connectivity index is 0.942. The molecule has 2 aliphatic rings. The number of methoxy groups -OCH3 is 2. The highest BCUT2D eigenvalue weighted by molar-refractivity contribution is 6.32. The molecular formula is C105H178ClN7O37. The van der Waals surface area contributed by atoms with Gasteiger partial charge in [0.25, 0.3) is 0 Å². The van der Waals surface area contributed by atoms with Crippen LogP contribution in [0.5, 0.6) is 5.75 Å². The smallest absolute Gasteiger partial charge is 0.328 e. The number of carboxylic acids is 1. The number of halogens is 1. The van der Waals surface area contributed by atoms with Crippen molar-refractivity contribution in [3.8, 4) is 5.75 Å². The molecule has 150 heavy (non-hydrogen) atoms. The fraction of sp³-hybridized carbons (Fsp3) is 0.781. The van der Waals surface area contributed by atoms with Gasteiger partial charge in [0, 0.05) is 64.3 Å². The van der Waals surface area contributed by atoms with Crippen LogP contribution in [0.4, 0.5) is 0 Å². The van der Waals surface area contributed by atoms with Gasteiger partial charge >= 0.3 is 11.9 Å². The lowest BCUT2D eigenvalue weighted by molar-refractivity contribution is -0.157. The van der Waals surface area contributed by atoms with Crippen molar-refractivity contribution in [1.82, 2.24) is 37.2 Å². The third-order valence-corrected chi connectivity index (χ3v) is 23.4. The standard InChI is InChI=1S/C105H178ClN7O37/c1-80(2)96(113-94(116)19-15-20-95(117)118)101(121)111-87(99(119)108-79-83-21-24-85(25-22-83)98-97(150-98)81(3)90-17-14-18-93(115)110-88(77-84-23-26-91(125-11)86(106)76-84)100(120)109-82(4)105(8,9)103(123)112-89(102(122)149-90)78-104(5,6)7)16-12-13-28-107-92(114)27-29-126-32-33-128-36-37-130-40-41-132-44-45-134-48-49-136-52-53-138-56-57-140-60-61-142-64-65-144-68-69-146-72-73-148-75-74-147-71-70-145-67-66-143-63-62-141-59-58-139-55-54-137-51-50-135-47-46-133-43-42-131-39-38-129-35-34-127-31-30-124-10/h14,18,21-26,76,80-82,87-90,96-98H,12-13,15-17,19-20,27-75,77-79H2,1-11H3,(H,107,114)(H,108,119)(H,109,120)(H,110,115)(H,111,121)(H,112,123)(H,113,116)(H,117,118)/b18-14-/t81-,82-,87-,88+,89-,90-,96-,97+,98+/m0/s1. The first-order valence-corrected chi connectivity index (χ1v) is 53.0. The quantitative estimate of drug-likeness (QED) is 0.0224. The number of epoxide rings is 1. The zero-order valence-corrected chi connectivity index (χ0v) is 91.5. The van der Waals surface area contributed by atoms with E-state index in [-0.39, 0.29) is 83.6 Å². The number of esters is 1. The number of unbranched alkanes of at least 4 members (excludes halogenated alkanes) is 1. The predicted molar refractivity (Wildman–Crippen MR) is 552 cm³/mol. The van der Waals surface area contributed by atoms with Crippen LogP contribution in [0, 0.1) is 22.7 Å². The Labute approximate surface area is 891 Å². The molecule has 8 N–H and O–H groups in total. The van der Waals surface area contributed by atoms with Crippen molar-refractivity contribution in [2.75, 3.05) is 331 Å². The second kappa shape index (κ2) is 87.7. The topological polar surface area (TPSA) is 511 Å². The Hall–Kier alpha value is -7.50. The minimum atomic E-state index is -1.26. The summed E-state index contributed by atoms with van der Waals surface area (Å²) >= 11 is 6.46. The molecule has 0 bridgehead atoms. The normalized spacial score (nSPS) is 17.4. The molecule has 0 aliphatic carbocycles. The third-order valence-electron chi connectivity index (χ3n) is 23.1. The number of aliphatic carboxylic acids is 1. The molecule has 0 radical (unpaired) electrons. The lowest BCUT2D eigenvalue weighted by Gasteiger charge is -2.35. The molecule has 2 aliphatic heterocycles. The molecule has 0 aromatic heterocycles. The molecule has 2 aromatic carbocycles. The maximum absolute atomic E-state index is 14.4. The van der Waals surface area contributed by atoms with E-state index < -0.39 is 119 Å². The summed E-state index contributed by atoms with van der Waals surface area (Å²) in [5.74, 6) is -5.60. The van der Waals surface area contributed by atoms with Gasteiger partial charge in [-0.25, -0.2) is 4.79 Å². The van der Waals surface area contributed by atoms with Crippen LogP contribution in [0.3, 0.4) is 0 Å². The van der Waals surface area contributed by atoms with Crippen molar-refractivity contribution in [2.24, 2.45) is 22.7 Å². The van der Waals surface area contributed by atoms with Gasteiger partial charge in [-0.1, -0.05) is 89.6 Å². The number of hydrogen-bond donors (Lipinski definition) is 8. The van der Waals surface area contributed by atoms with Gasteiger partial charge in [0.1, 0.15) is 42.1 Å². The summed E-state index contributed by atoms with van der Waals surface area (Å²) in [6.45, 7) is 37.6. The first kappa shape index (κ1) is 135. The SMILES string of the molecule is COCCOCCOCCOCCOCCOCCOCCOCCOCCOCCOCCOCCOCCOCCOCCOCCOCCOCCOCCOCCOCCOCCOCCOCCC(=O)NCCCC[C@H](NC(=O)[C@@H](NC(=O)CCCC(=O)O)C(C)C)C(=O)NCc1ccc([C@H]2O[C@@H]2[C@@H](C)[C@@H]2C/C=C\C(=O)N[C@H](Cc3ccc(OC)c(Cl)c3)C(=O)N[C@@H](C)C(C)(C)C(=O)N[C@@H](CC(C)(C)C)C(=O)O2)cc1. The van der Waals surface area contributed by atoms with Crippen LogP contribution in [0.15, 0.2) is 54.6 Å². The monoisotopic (exact) mass is 2160 g/mol. The molecule has 45 heteroatoms. The molecule has 0 spiro atoms. The second-order valence-corrected chi connectivity index (χ2v) is 37.6. The first-order valence-electron chi connectivity index (χ1n) is 52.6. The van der Waals surface area contributed by atoms with E-state index in [1.54, 1.807) is 66.0 Å². The van der Waals surface area contributed by atoms with E-state index in [0.29, 0.717) is 332 Å². The molecule has 7 amide bonds. The molecule has 2 heterocycles. The van der Waals surface area contributed by atoms with E-state index >= 15 is 0 Å². The lowest BCUT2D eigenvalue weighted by atomic mass is 9.82. The second-order valence-electron chi connectivity index (χ2n) is 37.2. The van der Waals surface area contributed by atoms with Gasteiger partial charge in [-0.15, -0.1) is 0 Å². The third kappa shape index (κ3) is 69.4. The van der Waals surface area contributed by atoms with Gasteiger partial charge < -0.3 is 170 Å². The molecule has 862 valence electrons. The number of nitrogens with one attached hydrogen (secondary N) is 7. The minimum absolute atomic E-state index is 0.0540. The highest BCUT2D eigenvalue weighted by Crippen LogP contribution is 2.45.